The van der Waals surface area contributed by atoms with Crippen molar-refractivity contribution in [1.82, 2.24) is 10.2 Å². The van der Waals surface area contributed by atoms with Crippen molar-refractivity contribution in [2.45, 2.75) is 52.5 Å². The molecule has 2 unspecified atom stereocenters. The number of rotatable bonds is 7. The van der Waals surface area contributed by atoms with Gasteiger partial charge in [0.2, 0.25) is 0 Å². The fraction of sp³-hybridized carbons (Fsp3) is 1.00. The second kappa shape index (κ2) is 7.24. The van der Waals surface area contributed by atoms with Crippen molar-refractivity contribution in [2.75, 3.05) is 26.2 Å². The van der Waals surface area contributed by atoms with Crippen LogP contribution in [0.15, 0.2) is 0 Å². The molecule has 2 nitrogen and oxygen atoms in total. The Morgan fingerprint density at radius 2 is 1.87 bits per heavy atom. The zero-order chi connectivity index (χ0) is 11.1. The van der Waals surface area contributed by atoms with Crippen LogP contribution in [0, 0.1) is 5.92 Å². The standard InChI is InChI=1S/C13H28N2/c1-4-12(2)7-8-14-13(3)11-15-9-5-6-10-15/h12-14H,4-11H2,1-3H3. The molecular weight excluding hydrogens is 184 g/mol. The van der Waals surface area contributed by atoms with Crippen molar-refractivity contribution in [2.24, 2.45) is 5.92 Å². The molecule has 1 N–H and O–H groups in total. The van der Waals surface area contributed by atoms with Crippen molar-refractivity contribution >= 4 is 0 Å². The Hall–Kier alpha value is -0.0800. The number of likely N-dealkylation sites (tertiary alicyclic amines) is 1. The lowest BCUT2D eigenvalue weighted by Crippen LogP contribution is -2.38. The van der Waals surface area contributed by atoms with Gasteiger partial charge in [-0.3, -0.25) is 0 Å². The molecule has 15 heavy (non-hydrogen) atoms. The van der Waals surface area contributed by atoms with E-state index in [4.69, 9.17) is 0 Å². The fourth-order valence-corrected chi connectivity index (χ4v) is 2.20. The summed E-state index contributed by atoms with van der Waals surface area (Å²) in [7, 11) is 0. The van der Waals surface area contributed by atoms with Gasteiger partial charge in [-0.15, -0.1) is 0 Å². The fourth-order valence-electron chi connectivity index (χ4n) is 2.20. The molecule has 0 aromatic carbocycles. The minimum absolute atomic E-state index is 0.659. The van der Waals surface area contributed by atoms with Gasteiger partial charge in [-0.2, -0.15) is 0 Å². The third-order valence-electron chi connectivity index (χ3n) is 3.56. The Kier molecular flexibility index (Phi) is 6.26. The highest BCUT2D eigenvalue weighted by molar-refractivity contribution is 4.72. The predicted molar refractivity (Wildman–Crippen MR) is 67.2 cm³/mol. The van der Waals surface area contributed by atoms with Crippen LogP contribution in [0.5, 0.6) is 0 Å². The van der Waals surface area contributed by atoms with Crippen LogP contribution in [0.1, 0.15) is 46.5 Å². The highest BCUT2D eigenvalue weighted by Gasteiger charge is 2.13. The zero-order valence-electron chi connectivity index (χ0n) is 10.8. The monoisotopic (exact) mass is 212 g/mol. The summed E-state index contributed by atoms with van der Waals surface area (Å²) < 4.78 is 0. The lowest BCUT2D eigenvalue weighted by molar-refractivity contribution is 0.295. The summed E-state index contributed by atoms with van der Waals surface area (Å²) in [6.07, 6.45) is 5.43. The van der Waals surface area contributed by atoms with E-state index in [-0.39, 0.29) is 0 Å². The summed E-state index contributed by atoms with van der Waals surface area (Å²) >= 11 is 0. The average molecular weight is 212 g/mol. The molecule has 1 aliphatic heterocycles. The van der Waals surface area contributed by atoms with Gasteiger partial charge in [-0.25, -0.2) is 0 Å². The van der Waals surface area contributed by atoms with Gasteiger partial charge in [0.25, 0.3) is 0 Å². The Morgan fingerprint density at radius 1 is 1.20 bits per heavy atom. The zero-order valence-corrected chi connectivity index (χ0v) is 10.8. The van der Waals surface area contributed by atoms with Gasteiger partial charge in [-0.1, -0.05) is 20.3 Å². The van der Waals surface area contributed by atoms with E-state index in [0.717, 1.165) is 5.92 Å². The molecule has 1 fully saturated rings. The highest BCUT2D eigenvalue weighted by Crippen LogP contribution is 2.08. The molecule has 1 rings (SSSR count). The van der Waals surface area contributed by atoms with Crippen molar-refractivity contribution < 1.29 is 0 Å². The van der Waals surface area contributed by atoms with E-state index in [1.807, 2.05) is 0 Å². The van der Waals surface area contributed by atoms with Gasteiger partial charge in [0, 0.05) is 12.6 Å². The van der Waals surface area contributed by atoms with Crippen LogP contribution in [-0.4, -0.2) is 37.1 Å². The van der Waals surface area contributed by atoms with Gasteiger partial charge in [0.1, 0.15) is 0 Å². The maximum atomic E-state index is 3.63. The number of hydrogen-bond acceptors (Lipinski definition) is 2. The Morgan fingerprint density at radius 3 is 2.47 bits per heavy atom. The molecule has 0 spiro atoms. The van der Waals surface area contributed by atoms with Crippen LogP contribution >= 0.6 is 0 Å². The molecule has 2 heteroatoms. The maximum absolute atomic E-state index is 3.63. The minimum Gasteiger partial charge on any atom is -0.313 e. The van der Waals surface area contributed by atoms with Crippen LogP contribution in [0.4, 0.5) is 0 Å². The first kappa shape index (κ1) is 13.0. The minimum atomic E-state index is 0.659. The quantitative estimate of drug-likeness (QED) is 0.697. The molecule has 0 saturated carbocycles. The summed E-state index contributed by atoms with van der Waals surface area (Å²) in [5, 5.41) is 3.63. The van der Waals surface area contributed by atoms with Crippen LogP contribution < -0.4 is 5.32 Å². The van der Waals surface area contributed by atoms with E-state index in [1.54, 1.807) is 0 Å². The van der Waals surface area contributed by atoms with E-state index in [0.29, 0.717) is 6.04 Å². The topological polar surface area (TPSA) is 15.3 Å². The molecule has 0 aliphatic carbocycles. The number of nitrogens with zero attached hydrogens (tertiary/aromatic N) is 1. The number of hydrogen-bond donors (Lipinski definition) is 1. The average Bonchev–Trinajstić information content (AvgIpc) is 2.70. The maximum Gasteiger partial charge on any atom is 0.0166 e. The first-order chi connectivity index (χ1) is 7.22. The van der Waals surface area contributed by atoms with Crippen molar-refractivity contribution in [3.05, 3.63) is 0 Å². The largest absolute Gasteiger partial charge is 0.313 e. The molecular formula is C13H28N2. The third kappa shape index (κ3) is 5.53. The van der Waals surface area contributed by atoms with Gasteiger partial charge in [0.15, 0.2) is 0 Å². The van der Waals surface area contributed by atoms with E-state index in [9.17, 15) is 0 Å². The predicted octanol–water partition coefficient (Wildman–Crippen LogP) is 2.50. The molecule has 1 saturated heterocycles. The van der Waals surface area contributed by atoms with Crippen molar-refractivity contribution in [3.63, 3.8) is 0 Å². The van der Waals surface area contributed by atoms with Gasteiger partial charge in [0.05, 0.1) is 0 Å². The summed E-state index contributed by atoms with van der Waals surface area (Å²) in [6.45, 7) is 12.0. The van der Waals surface area contributed by atoms with Crippen LogP contribution in [0.3, 0.4) is 0 Å². The Labute approximate surface area is 95.4 Å². The van der Waals surface area contributed by atoms with E-state index >= 15 is 0 Å². The lowest BCUT2D eigenvalue weighted by Gasteiger charge is -2.21. The molecule has 0 aromatic rings. The van der Waals surface area contributed by atoms with E-state index < -0.39 is 0 Å². The third-order valence-corrected chi connectivity index (χ3v) is 3.56. The molecule has 0 amide bonds. The second-order valence-corrected chi connectivity index (χ2v) is 5.16. The van der Waals surface area contributed by atoms with Crippen molar-refractivity contribution in [1.29, 1.82) is 0 Å². The normalized spacial score (nSPS) is 21.8. The molecule has 0 bridgehead atoms. The molecule has 1 aliphatic rings. The first-order valence-electron chi connectivity index (χ1n) is 6.68. The molecule has 0 radical (unpaired) electrons. The molecule has 90 valence electrons. The summed E-state index contributed by atoms with van der Waals surface area (Å²) in [4.78, 5) is 2.58. The molecule has 0 aromatic heterocycles. The smallest absolute Gasteiger partial charge is 0.0166 e. The SMILES string of the molecule is CCC(C)CCNC(C)CN1CCCC1. The lowest BCUT2D eigenvalue weighted by atomic mass is 10.1. The second-order valence-electron chi connectivity index (χ2n) is 5.16. The van der Waals surface area contributed by atoms with Gasteiger partial charge >= 0.3 is 0 Å². The van der Waals surface area contributed by atoms with E-state index in [1.165, 1.54) is 51.9 Å². The molecule has 2 atom stereocenters. The summed E-state index contributed by atoms with van der Waals surface area (Å²) in [5.41, 5.74) is 0. The Balaban J connectivity index is 2.00. The Bertz CT molecular complexity index is 153. The number of nitrogens with one attached hydrogen (secondary N) is 1. The van der Waals surface area contributed by atoms with Crippen molar-refractivity contribution in [3.8, 4) is 0 Å². The highest BCUT2D eigenvalue weighted by atomic mass is 15.2. The summed E-state index contributed by atoms with van der Waals surface area (Å²) in [5.74, 6) is 0.872. The van der Waals surface area contributed by atoms with Crippen LogP contribution in [0.2, 0.25) is 0 Å². The van der Waals surface area contributed by atoms with E-state index in [2.05, 4.69) is 31.0 Å². The first-order valence-corrected chi connectivity index (χ1v) is 6.68. The van der Waals surface area contributed by atoms with Gasteiger partial charge in [-0.05, 0) is 51.7 Å². The summed E-state index contributed by atoms with van der Waals surface area (Å²) in [6, 6.07) is 0.659. The van der Waals surface area contributed by atoms with Crippen LogP contribution in [0.25, 0.3) is 0 Å². The van der Waals surface area contributed by atoms with Crippen LogP contribution in [-0.2, 0) is 0 Å². The van der Waals surface area contributed by atoms with Gasteiger partial charge < -0.3 is 10.2 Å². The molecule has 1 heterocycles.